The van der Waals surface area contributed by atoms with E-state index in [0.717, 1.165) is 23.1 Å². The molecule has 1 aromatic rings. The number of hydrogen-bond acceptors (Lipinski definition) is 3. The van der Waals surface area contributed by atoms with Gasteiger partial charge in [-0.25, -0.2) is 4.98 Å². The predicted molar refractivity (Wildman–Crippen MR) is 71.1 cm³/mol. The molecule has 2 rings (SSSR count). The Balaban J connectivity index is 2.11. The molecule has 3 nitrogen and oxygen atoms in total. The van der Waals surface area contributed by atoms with Gasteiger partial charge in [-0.15, -0.1) is 0 Å². The number of nitrogens with one attached hydrogen (secondary N) is 1. The summed E-state index contributed by atoms with van der Waals surface area (Å²) in [5.41, 5.74) is 1.98. The van der Waals surface area contributed by atoms with E-state index in [1.165, 1.54) is 19.3 Å². The zero-order chi connectivity index (χ0) is 12.4. The lowest BCUT2D eigenvalue weighted by atomic mass is 9.78. The molecule has 1 aliphatic rings. The quantitative estimate of drug-likeness (QED) is 0.851. The molecule has 0 saturated heterocycles. The highest BCUT2D eigenvalue weighted by atomic mass is 15.0. The Kier molecular flexibility index (Phi) is 3.65. The summed E-state index contributed by atoms with van der Waals surface area (Å²) in [5, 5.41) is 3.60. The largest absolute Gasteiger partial charge is 0.366 e. The molecule has 1 aliphatic carbocycles. The van der Waals surface area contributed by atoms with Crippen LogP contribution in [-0.2, 0) is 0 Å². The van der Waals surface area contributed by atoms with Crippen LogP contribution >= 0.6 is 0 Å². The second kappa shape index (κ2) is 5.03. The molecule has 1 heterocycles. The Morgan fingerprint density at radius 3 is 2.76 bits per heavy atom. The lowest BCUT2D eigenvalue weighted by Crippen LogP contribution is -2.35. The number of aryl methyl sites for hydroxylation is 2. The summed E-state index contributed by atoms with van der Waals surface area (Å²) in [7, 11) is 0. The standard InChI is InChI=1S/C14H23N3/c1-9-6-5-7-13(11(9)3)17-14-12(4)15-8-10(2)16-14/h8-9,11,13H,5-7H2,1-4H3,(H,16,17)/t9-,11-,13-/m1/s1. The molecule has 0 spiro atoms. The van der Waals surface area contributed by atoms with Crippen LogP contribution in [0.5, 0.6) is 0 Å². The minimum Gasteiger partial charge on any atom is -0.366 e. The smallest absolute Gasteiger partial charge is 0.147 e. The number of anilines is 1. The molecule has 0 unspecified atom stereocenters. The summed E-state index contributed by atoms with van der Waals surface area (Å²) < 4.78 is 0. The van der Waals surface area contributed by atoms with Crippen molar-refractivity contribution in [3.63, 3.8) is 0 Å². The molecule has 0 amide bonds. The van der Waals surface area contributed by atoms with Crippen LogP contribution in [0.25, 0.3) is 0 Å². The van der Waals surface area contributed by atoms with Crippen LogP contribution in [0.3, 0.4) is 0 Å². The maximum Gasteiger partial charge on any atom is 0.147 e. The van der Waals surface area contributed by atoms with Crippen LogP contribution in [-0.4, -0.2) is 16.0 Å². The van der Waals surface area contributed by atoms with Crippen molar-refractivity contribution >= 4 is 5.82 Å². The minimum absolute atomic E-state index is 0.550. The lowest BCUT2D eigenvalue weighted by molar-refractivity contribution is 0.252. The van der Waals surface area contributed by atoms with Crippen LogP contribution in [0, 0.1) is 25.7 Å². The normalized spacial score (nSPS) is 29.1. The fraction of sp³-hybridized carbons (Fsp3) is 0.714. The van der Waals surface area contributed by atoms with Gasteiger partial charge in [0.2, 0.25) is 0 Å². The summed E-state index contributed by atoms with van der Waals surface area (Å²) >= 11 is 0. The molecule has 3 heteroatoms. The van der Waals surface area contributed by atoms with Gasteiger partial charge in [0, 0.05) is 12.2 Å². The van der Waals surface area contributed by atoms with Gasteiger partial charge in [0.25, 0.3) is 0 Å². The molecular formula is C14H23N3. The molecule has 94 valence electrons. The van der Waals surface area contributed by atoms with Crippen molar-refractivity contribution in [2.24, 2.45) is 11.8 Å². The molecule has 17 heavy (non-hydrogen) atoms. The Morgan fingerprint density at radius 2 is 2.00 bits per heavy atom. The van der Waals surface area contributed by atoms with Crippen molar-refractivity contribution in [3.05, 3.63) is 17.6 Å². The molecule has 1 fully saturated rings. The third kappa shape index (κ3) is 2.76. The molecule has 0 radical (unpaired) electrons. The Labute approximate surface area is 104 Å². The first kappa shape index (κ1) is 12.3. The molecule has 0 bridgehead atoms. The van der Waals surface area contributed by atoms with Crippen LogP contribution in [0.15, 0.2) is 6.20 Å². The highest BCUT2D eigenvalue weighted by Crippen LogP contribution is 2.31. The van der Waals surface area contributed by atoms with Crippen molar-refractivity contribution < 1.29 is 0 Å². The van der Waals surface area contributed by atoms with E-state index in [4.69, 9.17) is 0 Å². The Morgan fingerprint density at radius 1 is 1.24 bits per heavy atom. The van der Waals surface area contributed by atoms with E-state index >= 15 is 0 Å². The van der Waals surface area contributed by atoms with Crippen LogP contribution in [0.1, 0.15) is 44.5 Å². The van der Waals surface area contributed by atoms with Gasteiger partial charge in [-0.3, -0.25) is 4.98 Å². The van der Waals surface area contributed by atoms with E-state index in [9.17, 15) is 0 Å². The third-order valence-corrected chi connectivity index (χ3v) is 4.10. The lowest BCUT2D eigenvalue weighted by Gasteiger charge is -2.35. The summed E-state index contributed by atoms with van der Waals surface area (Å²) in [6.45, 7) is 8.71. The van der Waals surface area contributed by atoms with Gasteiger partial charge >= 0.3 is 0 Å². The van der Waals surface area contributed by atoms with Gasteiger partial charge in [-0.05, 0) is 32.1 Å². The van der Waals surface area contributed by atoms with Crippen LogP contribution in [0.2, 0.25) is 0 Å². The molecule has 1 aromatic heterocycles. The van der Waals surface area contributed by atoms with Gasteiger partial charge in [0.05, 0.1) is 11.4 Å². The van der Waals surface area contributed by atoms with Gasteiger partial charge in [0.15, 0.2) is 0 Å². The summed E-state index contributed by atoms with van der Waals surface area (Å²) in [5.74, 6) is 2.49. The summed E-state index contributed by atoms with van der Waals surface area (Å²) in [6, 6.07) is 0.550. The van der Waals surface area contributed by atoms with Crippen molar-refractivity contribution in [3.8, 4) is 0 Å². The first-order chi connectivity index (χ1) is 8.08. The zero-order valence-corrected chi connectivity index (χ0v) is 11.3. The maximum absolute atomic E-state index is 4.55. The second-order valence-corrected chi connectivity index (χ2v) is 5.46. The molecule has 0 aromatic carbocycles. The van der Waals surface area contributed by atoms with E-state index in [0.29, 0.717) is 12.0 Å². The maximum atomic E-state index is 4.55. The molecular weight excluding hydrogens is 210 g/mol. The van der Waals surface area contributed by atoms with Gasteiger partial charge in [-0.2, -0.15) is 0 Å². The Hall–Kier alpha value is -1.12. The van der Waals surface area contributed by atoms with E-state index in [1.807, 2.05) is 20.0 Å². The second-order valence-electron chi connectivity index (χ2n) is 5.46. The topological polar surface area (TPSA) is 37.8 Å². The average Bonchev–Trinajstić information content (AvgIpc) is 2.30. The van der Waals surface area contributed by atoms with Crippen LogP contribution in [0.4, 0.5) is 5.82 Å². The van der Waals surface area contributed by atoms with Gasteiger partial charge in [0.1, 0.15) is 5.82 Å². The van der Waals surface area contributed by atoms with Crippen LogP contribution < -0.4 is 5.32 Å². The first-order valence-corrected chi connectivity index (χ1v) is 6.64. The van der Waals surface area contributed by atoms with E-state index in [-0.39, 0.29) is 0 Å². The number of rotatable bonds is 2. The Bertz CT molecular complexity index is 389. The highest BCUT2D eigenvalue weighted by Gasteiger charge is 2.27. The predicted octanol–water partition coefficient (Wildman–Crippen LogP) is 3.33. The van der Waals surface area contributed by atoms with E-state index < -0.39 is 0 Å². The van der Waals surface area contributed by atoms with E-state index in [2.05, 4.69) is 29.1 Å². The molecule has 1 saturated carbocycles. The fourth-order valence-electron chi connectivity index (χ4n) is 2.64. The summed E-state index contributed by atoms with van der Waals surface area (Å²) in [6.07, 6.45) is 5.76. The SMILES string of the molecule is Cc1cnc(C)c(N[C@@H]2CCC[C@@H](C)[C@H]2C)n1. The van der Waals surface area contributed by atoms with Gasteiger partial charge < -0.3 is 5.32 Å². The van der Waals surface area contributed by atoms with Gasteiger partial charge in [-0.1, -0.05) is 26.7 Å². The molecule has 1 N–H and O–H groups in total. The number of hydrogen-bond donors (Lipinski definition) is 1. The first-order valence-electron chi connectivity index (χ1n) is 6.64. The molecule has 3 atom stereocenters. The van der Waals surface area contributed by atoms with Crippen molar-refractivity contribution in [1.82, 2.24) is 9.97 Å². The van der Waals surface area contributed by atoms with Crippen molar-refractivity contribution in [1.29, 1.82) is 0 Å². The monoisotopic (exact) mass is 233 g/mol. The number of nitrogens with zero attached hydrogens (tertiary/aromatic N) is 2. The van der Waals surface area contributed by atoms with Crippen molar-refractivity contribution in [2.75, 3.05) is 5.32 Å². The van der Waals surface area contributed by atoms with Crippen molar-refractivity contribution in [2.45, 2.75) is 53.0 Å². The highest BCUT2D eigenvalue weighted by molar-refractivity contribution is 5.40. The zero-order valence-electron chi connectivity index (χ0n) is 11.3. The molecule has 0 aliphatic heterocycles. The minimum atomic E-state index is 0.550. The average molecular weight is 233 g/mol. The third-order valence-electron chi connectivity index (χ3n) is 4.10. The number of aromatic nitrogens is 2. The van der Waals surface area contributed by atoms with E-state index in [1.54, 1.807) is 0 Å². The fourth-order valence-corrected chi connectivity index (χ4v) is 2.64. The summed E-state index contributed by atoms with van der Waals surface area (Å²) in [4.78, 5) is 8.92.